The highest BCUT2D eigenvalue weighted by atomic mass is 16.5. The fourth-order valence-corrected chi connectivity index (χ4v) is 2.87. The number of carboxylic acids is 1. The van der Waals surface area contributed by atoms with Crippen LogP contribution in [-0.2, 0) is 14.3 Å². The minimum atomic E-state index is -1.04. The summed E-state index contributed by atoms with van der Waals surface area (Å²) >= 11 is 0. The molecule has 1 fully saturated rings. The first-order valence-corrected chi connectivity index (χ1v) is 7.08. The van der Waals surface area contributed by atoms with Gasteiger partial charge in [-0.2, -0.15) is 0 Å². The van der Waals surface area contributed by atoms with Crippen molar-refractivity contribution >= 4 is 11.9 Å². The summed E-state index contributed by atoms with van der Waals surface area (Å²) in [6, 6.07) is 3.42. The second-order valence-electron chi connectivity index (χ2n) is 5.49. The van der Waals surface area contributed by atoms with E-state index in [1.165, 1.54) is 0 Å². The Kier molecular flexibility index (Phi) is 4.32. The predicted molar refractivity (Wildman–Crippen MR) is 78.2 cm³/mol. The zero-order valence-corrected chi connectivity index (χ0v) is 12.8. The Morgan fingerprint density at radius 2 is 1.90 bits per heavy atom. The summed E-state index contributed by atoms with van der Waals surface area (Å²) in [5.74, 6) is -1.21. The number of hydrogen-bond donors (Lipinski definition) is 1. The van der Waals surface area contributed by atoms with Gasteiger partial charge in [-0.3, -0.25) is 4.79 Å². The Morgan fingerprint density at radius 1 is 1.29 bits per heavy atom. The maximum atomic E-state index is 12.0. The minimum Gasteiger partial charge on any atom is -0.479 e. The molecule has 1 heterocycles. The van der Waals surface area contributed by atoms with Gasteiger partial charge in [0.2, 0.25) is 5.91 Å². The maximum Gasteiger partial charge on any atom is 0.335 e. The molecule has 5 heteroatoms. The van der Waals surface area contributed by atoms with Crippen LogP contribution in [0.4, 0.5) is 0 Å². The average Bonchev–Trinajstić information content (AvgIpc) is 2.42. The number of hydrogen-bond acceptors (Lipinski definition) is 3. The van der Waals surface area contributed by atoms with Crippen molar-refractivity contribution in [3.05, 3.63) is 34.4 Å². The lowest BCUT2D eigenvalue weighted by Gasteiger charge is -2.39. The molecule has 1 aromatic carbocycles. The van der Waals surface area contributed by atoms with Crippen molar-refractivity contribution in [2.75, 3.05) is 13.2 Å². The van der Waals surface area contributed by atoms with Crippen molar-refractivity contribution in [3.63, 3.8) is 0 Å². The van der Waals surface area contributed by atoms with Crippen LogP contribution in [0.2, 0.25) is 0 Å². The Labute approximate surface area is 124 Å². The van der Waals surface area contributed by atoms with E-state index in [2.05, 4.69) is 0 Å². The molecule has 0 radical (unpaired) electrons. The molecule has 0 bridgehead atoms. The fourth-order valence-electron chi connectivity index (χ4n) is 2.87. The summed E-state index contributed by atoms with van der Waals surface area (Å²) in [6.07, 6.45) is -1.02. The number of carbonyl (C=O) groups is 2. The first kappa shape index (κ1) is 15.5. The van der Waals surface area contributed by atoms with E-state index >= 15 is 0 Å². The minimum absolute atomic E-state index is 0.169. The number of amides is 1. The molecule has 1 aliphatic heterocycles. The van der Waals surface area contributed by atoms with E-state index in [0.29, 0.717) is 6.54 Å². The molecule has 114 valence electrons. The third kappa shape index (κ3) is 2.78. The first-order valence-electron chi connectivity index (χ1n) is 7.08. The molecular formula is C16H21NO4. The molecule has 1 amide bonds. The first-order chi connectivity index (χ1) is 9.86. The molecule has 2 atom stereocenters. The summed E-state index contributed by atoms with van der Waals surface area (Å²) in [5.41, 5.74) is 4.05. The molecule has 5 nitrogen and oxygen atoms in total. The van der Waals surface area contributed by atoms with Gasteiger partial charge in [-0.05, 0) is 49.9 Å². The van der Waals surface area contributed by atoms with Gasteiger partial charge >= 0.3 is 5.97 Å². The zero-order chi connectivity index (χ0) is 15.7. The van der Waals surface area contributed by atoms with Crippen molar-refractivity contribution in [2.45, 2.75) is 39.8 Å². The lowest BCUT2D eigenvalue weighted by atomic mass is 9.91. The van der Waals surface area contributed by atoms with Crippen molar-refractivity contribution in [1.82, 2.24) is 4.90 Å². The van der Waals surface area contributed by atoms with E-state index < -0.39 is 18.1 Å². The number of morpholine rings is 1. The molecule has 21 heavy (non-hydrogen) atoms. The lowest BCUT2D eigenvalue weighted by Crippen LogP contribution is -2.51. The third-order valence-corrected chi connectivity index (χ3v) is 4.11. The Morgan fingerprint density at radius 3 is 2.48 bits per heavy atom. The summed E-state index contributed by atoms with van der Waals surface area (Å²) in [5, 5.41) is 9.42. The number of benzene rings is 1. The molecule has 2 unspecified atom stereocenters. The molecule has 2 rings (SSSR count). The van der Waals surface area contributed by atoms with Crippen molar-refractivity contribution in [3.8, 4) is 0 Å². The van der Waals surface area contributed by atoms with Crippen LogP contribution < -0.4 is 0 Å². The smallest absolute Gasteiger partial charge is 0.335 e. The SMILES string of the molecule is CCN1C(=O)COC(C(=O)O)C1c1cc(C)c(C)cc1C. The van der Waals surface area contributed by atoms with Gasteiger partial charge in [0.25, 0.3) is 0 Å². The van der Waals surface area contributed by atoms with Crippen molar-refractivity contribution in [2.24, 2.45) is 0 Å². The summed E-state index contributed by atoms with van der Waals surface area (Å²) in [6.45, 7) is 8.07. The second kappa shape index (κ2) is 5.85. The highest BCUT2D eigenvalue weighted by Gasteiger charge is 2.41. The maximum absolute atomic E-state index is 12.0. The normalized spacial score (nSPS) is 22.5. The molecule has 1 aromatic rings. The zero-order valence-electron chi connectivity index (χ0n) is 12.8. The number of carbonyl (C=O) groups excluding carboxylic acids is 1. The summed E-state index contributed by atoms with van der Waals surface area (Å²) in [4.78, 5) is 25.2. The van der Waals surface area contributed by atoms with Crippen molar-refractivity contribution in [1.29, 1.82) is 0 Å². The van der Waals surface area contributed by atoms with Gasteiger partial charge in [-0.1, -0.05) is 12.1 Å². The summed E-state index contributed by atoms with van der Waals surface area (Å²) < 4.78 is 5.29. The molecule has 1 N–H and O–H groups in total. The van der Waals surface area contributed by atoms with Gasteiger partial charge in [0.1, 0.15) is 6.61 Å². The van der Waals surface area contributed by atoms with Crippen LogP contribution in [0.15, 0.2) is 12.1 Å². The second-order valence-corrected chi connectivity index (χ2v) is 5.49. The molecule has 1 saturated heterocycles. The predicted octanol–water partition coefficient (Wildman–Crippen LogP) is 1.98. The highest BCUT2D eigenvalue weighted by Crippen LogP contribution is 2.33. The highest BCUT2D eigenvalue weighted by molar-refractivity contribution is 5.83. The molecule has 0 saturated carbocycles. The number of rotatable bonds is 3. The van der Waals surface area contributed by atoms with Gasteiger partial charge in [0, 0.05) is 6.54 Å². The van der Waals surface area contributed by atoms with Crippen LogP contribution in [0, 0.1) is 20.8 Å². The fraction of sp³-hybridized carbons (Fsp3) is 0.500. The van der Waals surface area contributed by atoms with E-state index in [9.17, 15) is 14.7 Å². The number of carboxylic acid groups (broad SMARTS) is 1. The standard InChI is InChI=1S/C16H21NO4/c1-5-17-13(18)8-21-15(16(19)20)14(17)12-7-10(3)9(2)6-11(12)4/h6-7,14-15H,5,8H2,1-4H3,(H,19,20). The van der Waals surface area contributed by atoms with Gasteiger partial charge in [0.05, 0.1) is 6.04 Å². The van der Waals surface area contributed by atoms with Gasteiger partial charge < -0.3 is 14.7 Å². The quantitative estimate of drug-likeness (QED) is 0.924. The molecule has 0 spiro atoms. The van der Waals surface area contributed by atoms with Crippen LogP contribution in [0.3, 0.4) is 0 Å². The largest absolute Gasteiger partial charge is 0.479 e. The Hall–Kier alpha value is -1.88. The van der Waals surface area contributed by atoms with Crippen LogP contribution in [0.5, 0.6) is 0 Å². The lowest BCUT2D eigenvalue weighted by molar-refractivity contribution is -0.172. The van der Waals surface area contributed by atoms with E-state index in [1.807, 2.05) is 39.8 Å². The van der Waals surface area contributed by atoms with Crippen LogP contribution >= 0.6 is 0 Å². The molecule has 0 aromatic heterocycles. The number of ether oxygens (including phenoxy) is 1. The van der Waals surface area contributed by atoms with E-state index in [0.717, 1.165) is 22.3 Å². The number of nitrogens with zero attached hydrogens (tertiary/aromatic N) is 1. The Bertz CT molecular complexity index is 580. The van der Waals surface area contributed by atoms with Crippen LogP contribution in [-0.4, -0.2) is 41.1 Å². The van der Waals surface area contributed by atoms with E-state index in [-0.39, 0.29) is 12.5 Å². The van der Waals surface area contributed by atoms with E-state index in [1.54, 1.807) is 4.90 Å². The average molecular weight is 291 g/mol. The molecular weight excluding hydrogens is 270 g/mol. The van der Waals surface area contributed by atoms with Gasteiger partial charge in [-0.15, -0.1) is 0 Å². The third-order valence-electron chi connectivity index (χ3n) is 4.11. The molecule has 0 aliphatic carbocycles. The van der Waals surface area contributed by atoms with Gasteiger partial charge in [-0.25, -0.2) is 4.79 Å². The number of aliphatic carboxylic acids is 1. The van der Waals surface area contributed by atoms with Crippen LogP contribution in [0.1, 0.15) is 35.2 Å². The van der Waals surface area contributed by atoms with Gasteiger partial charge in [0.15, 0.2) is 6.10 Å². The van der Waals surface area contributed by atoms with Crippen molar-refractivity contribution < 1.29 is 19.4 Å². The summed E-state index contributed by atoms with van der Waals surface area (Å²) in [7, 11) is 0. The Balaban J connectivity index is 2.55. The van der Waals surface area contributed by atoms with Crippen LogP contribution in [0.25, 0.3) is 0 Å². The number of aryl methyl sites for hydroxylation is 3. The monoisotopic (exact) mass is 291 g/mol. The molecule has 1 aliphatic rings. The topological polar surface area (TPSA) is 66.8 Å². The van der Waals surface area contributed by atoms with E-state index in [4.69, 9.17) is 4.74 Å². The number of likely N-dealkylation sites (N-methyl/N-ethyl adjacent to an activating group) is 1.